The third kappa shape index (κ3) is 3.43. The van der Waals surface area contributed by atoms with Gasteiger partial charge in [0, 0.05) is 16.1 Å². The van der Waals surface area contributed by atoms with E-state index in [1.807, 2.05) is 0 Å². The molecule has 0 aromatic heterocycles. The zero-order chi connectivity index (χ0) is 19.9. The first-order chi connectivity index (χ1) is 12.6. The maximum atomic E-state index is 13.0. The van der Waals surface area contributed by atoms with E-state index in [0.29, 0.717) is 16.3 Å². The van der Waals surface area contributed by atoms with Crippen LogP contribution in [0.2, 0.25) is 5.02 Å². The number of rotatable bonds is 3. The Morgan fingerprint density at radius 1 is 1.00 bits per heavy atom. The third-order valence-electron chi connectivity index (χ3n) is 4.45. The number of hydrogen-bond acceptors (Lipinski definition) is 4. The topological polar surface area (TPSA) is 77.8 Å². The van der Waals surface area contributed by atoms with Gasteiger partial charge in [0.05, 0.1) is 11.6 Å². The van der Waals surface area contributed by atoms with Crippen molar-refractivity contribution in [3.05, 3.63) is 70.4 Å². The number of Topliss-reactive ketones (excluding diaryl/α,β-unsaturated/α-hetero) is 1. The van der Waals surface area contributed by atoms with Crippen LogP contribution in [0.5, 0.6) is 5.75 Å². The molecule has 0 saturated carbocycles. The Hall–Kier alpha value is -2.79. The van der Waals surface area contributed by atoms with Crippen LogP contribution >= 0.6 is 11.6 Å². The maximum absolute atomic E-state index is 13.0. The summed E-state index contributed by atoms with van der Waals surface area (Å²) in [6.45, 7) is 5.21. The number of carbonyl (C=O) groups is 2. The molecule has 2 N–H and O–H groups in total. The summed E-state index contributed by atoms with van der Waals surface area (Å²) in [6, 6.07) is 12.0. The van der Waals surface area contributed by atoms with Crippen LogP contribution in [0.4, 0.5) is 5.69 Å². The van der Waals surface area contributed by atoms with Gasteiger partial charge < -0.3 is 10.2 Å². The van der Waals surface area contributed by atoms with Crippen molar-refractivity contribution in [3.63, 3.8) is 0 Å². The Labute approximate surface area is 162 Å². The zero-order valence-corrected chi connectivity index (χ0v) is 16.0. The molecule has 1 unspecified atom stereocenters. The number of anilines is 1. The molecule has 5 nitrogen and oxygen atoms in total. The Morgan fingerprint density at radius 3 is 2.07 bits per heavy atom. The number of amides is 1. The molecule has 0 radical (unpaired) electrons. The van der Waals surface area contributed by atoms with Crippen molar-refractivity contribution in [2.24, 2.45) is 5.41 Å². The molecule has 2 aromatic rings. The fourth-order valence-corrected chi connectivity index (χ4v) is 3.21. The highest BCUT2D eigenvalue weighted by molar-refractivity contribution is 6.30. The summed E-state index contributed by atoms with van der Waals surface area (Å²) in [6.07, 6.45) is 0. The van der Waals surface area contributed by atoms with E-state index in [9.17, 15) is 19.8 Å². The minimum Gasteiger partial charge on any atom is -0.508 e. The number of nitrogens with zero attached hydrogens (tertiary/aromatic N) is 1. The Morgan fingerprint density at radius 2 is 1.56 bits per heavy atom. The van der Waals surface area contributed by atoms with E-state index in [1.54, 1.807) is 57.2 Å². The van der Waals surface area contributed by atoms with Crippen LogP contribution in [-0.4, -0.2) is 21.9 Å². The predicted molar refractivity (Wildman–Crippen MR) is 104 cm³/mol. The maximum Gasteiger partial charge on any atom is 0.294 e. The summed E-state index contributed by atoms with van der Waals surface area (Å²) in [5, 5.41) is 20.7. The van der Waals surface area contributed by atoms with Crippen molar-refractivity contribution >= 4 is 29.0 Å². The summed E-state index contributed by atoms with van der Waals surface area (Å²) in [5.41, 5.74) is 0.376. The average molecular weight is 386 g/mol. The normalized spacial score (nSPS) is 17.6. The smallest absolute Gasteiger partial charge is 0.294 e. The summed E-state index contributed by atoms with van der Waals surface area (Å²) in [7, 11) is 0. The molecule has 1 atom stereocenters. The molecule has 1 amide bonds. The second-order valence-corrected chi connectivity index (χ2v) is 7.92. The average Bonchev–Trinajstić information content (AvgIpc) is 2.86. The van der Waals surface area contributed by atoms with E-state index >= 15 is 0 Å². The molecule has 27 heavy (non-hydrogen) atoms. The standard InChI is InChI=1S/C21H20ClNO4/c1-21(2,3)19(26)16-17(12-4-10-15(24)11-5-12)23(20(27)18(16)25)14-8-6-13(22)7-9-14/h4-11,17,24-25H,1-3H3. The van der Waals surface area contributed by atoms with Crippen LogP contribution in [0, 0.1) is 5.41 Å². The minimum absolute atomic E-state index is 0.0492. The lowest BCUT2D eigenvalue weighted by Crippen LogP contribution is -2.32. The zero-order valence-electron chi connectivity index (χ0n) is 15.2. The molecule has 3 rings (SSSR count). The number of carbonyl (C=O) groups excluding carboxylic acids is 2. The number of ketones is 1. The van der Waals surface area contributed by atoms with Crippen molar-refractivity contribution in [2.45, 2.75) is 26.8 Å². The number of phenols is 1. The Kier molecular flexibility index (Phi) is 4.74. The molecule has 0 saturated heterocycles. The fraction of sp³-hybridized carbons (Fsp3) is 0.238. The largest absolute Gasteiger partial charge is 0.508 e. The van der Waals surface area contributed by atoms with Gasteiger partial charge in [-0.2, -0.15) is 0 Å². The first-order valence-corrected chi connectivity index (χ1v) is 8.85. The monoisotopic (exact) mass is 385 g/mol. The summed E-state index contributed by atoms with van der Waals surface area (Å²) < 4.78 is 0. The van der Waals surface area contributed by atoms with Crippen LogP contribution in [0.3, 0.4) is 0 Å². The van der Waals surface area contributed by atoms with Crippen molar-refractivity contribution in [1.82, 2.24) is 0 Å². The van der Waals surface area contributed by atoms with E-state index in [2.05, 4.69) is 0 Å². The van der Waals surface area contributed by atoms with Crippen LogP contribution < -0.4 is 4.90 Å². The predicted octanol–water partition coefficient (Wildman–Crippen LogP) is 4.56. The van der Waals surface area contributed by atoms with Gasteiger partial charge in [0.25, 0.3) is 5.91 Å². The van der Waals surface area contributed by atoms with E-state index in [1.165, 1.54) is 17.0 Å². The van der Waals surface area contributed by atoms with Crippen LogP contribution in [-0.2, 0) is 9.59 Å². The molecule has 1 aliphatic rings. The van der Waals surface area contributed by atoms with Crippen LogP contribution in [0.1, 0.15) is 32.4 Å². The van der Waals surface area contributed by atoms with E-state index in [-0.39, 0.29) is 17.1 Å². The molecule has 6 heteroatoms. The molecule has 2 aromatic carbocycles. The fourth-order valence-electron chi connectivity index (χ4n) is 3.08. The second-order valence-electron chi connectivity index (χ2n) is 7.49. The lowest BCUT2D eigenvalue weighted by molar-refractivity contribution is -0.123. The van der Waals surface area contributed by atoms with Gasteiger partial charge in [0.15, 0.2) is 11.5 Å². The van der Waals surface area contributed by atoms with Gasteiger partial charge >= 0.3 is 0 Å². The van der Waals surface area contributed by atoms with Crippen LogP contribution in [0.15, 0.2) is 59.9 Å². The summed E-state index contributed by atoms with van der Waals surface area (Å²) >= 11 is 5.95. The number of aliphatic hydroxyl groups is 1. The molecule has 0 fully saturated rings. The van der Waals surface area contributed by atoms with Gasteiger partial charge in [-0.05, 0) is 42.0 Å². The number of aliphatic hydroxyl groups excluding tert-OH is 1. The molecular formula is C21H20ClNO4. The van der Waals surface area contributed by atoms with Gasteiger partial charge in [0.2, 0.25) is 0 Å². The number of halogens is 1. The van der Waals surface area contributed by atoms with E-state index in [0.717, 1.165) is 0 Å². The Balaban J connectivity index is 2.19. The molecule has 1 aliphatic heterocycles. The van der Waals surface area contributed by atoms with Crippen molar-refractivity contribution in [3.8, 4) is 5.75 Å². The molecule has 1 heterocycles. The number of hydrogen-bond donors (Lipinski definition) is 2. The SMILES string of the molecule is CC(C)(C)C(=O)C1=C(O)C(=O)N(c2ccc(Cl)cc2)C1c1ccc(O)cc1. The van der Waals surface area contributed by atoms with E-state index in [4.69, 9.17) is 11.6 Å². The van der Waals surface area contributed by atoms with Crippen molar-refractivity contribution in [1.29, 1.82) is 0 Å². The summed E-state index contributed by atoms with van der Waals surface area (Å²) in [4.78, 5) is 27.3. The van der Waals surface area contributed by atoms with Gasteiger partial charge in [-0.1, -0.05) is 44.5 Å². The summed E-state index contributed by atoms with van der Waals surface area (Å²) in [5.74, 6) is -1.45. The molecule has 0 aliphatic carbocycles. The molecule has 0 spiro atoms. The first-order valence-electron chi connectivity index (χ1n) is 8.47. The second kappa shape index (κ2) is 6.74. The lowest BCUT2D eigenvalue weighted by atomic mass is 9.82. The number of aromatic hydroxyl groups is 1. The Bertz CT molecular complexity index is 924. The van der Waals surface area contributed by atoms with Gasteiger partial charge in [0.1, 0.15) is 5.75 Å². The molecule has 140 valence electrons. The number of benzene rings is 2. The van der Waals surface area contributed by atoms with Gasteiger partial charge in [-0.3, -0.25) is 14.5 Å². The molecule has 0 bridgehead atoms. The quantitative estimate of drug-likeness (QED) is 0.811. The lowest BCUT2D eigenvalue weighted by Gasteiger charge is -2.29. The minimum atomic E-state index is -0.800. The van der Waals surface area contributed by atoms with Gasteiger partial charge in [-0.15, -0.1) is 0 Å². The van der Waals surface area contributed by atoms with Gasteiger partial charge in [-0.25, -0.2) is 0 Å². The highest BCUT2D eigenvalue weighted by Gasteiger charge is 2.46. The highest BCUT2D eigenvalue weighted by atomic mass is 35.5. The number of phenolic OH excluding ortho intramolecular Hbond substituents is 1. The van der Waals surface area contributed by atoms with Crippen molar-refractivity contribution < 1.29 is 19.8 Å². The van der Waals surface area contributed by atoms with Crippen LogP contribution in [0.25, 0.3) is 0 Å². The first kappa shape index (κ1) is 19.0. The van der Waals surface area contributed by atoms with E-state index < -0.39 is 23.1 Å². The highest BCUT2D eigenvalue weighted by Crippen LogP contribution is 2.43. The molecular weight excluding hydrogens is 366 g/mol. The van der Waals surface area contributed by atoms with Crippen molar-refractivity contribution in [2.75, 3.05) is 4.90 Å². The third-order valence-corrected chi connectivity index (χ3v) is 4.70.